The molecule has 6 heteroatoms. The van der Waals surface area contributed by atoms with Gasteiger partial charge in [-0.05, 0) is 74.5 Å². The van der Waals surface area contributed by atoms with E-state index in [1.807, 2.05) is 0 Å². The van der Waals surface area contributed by atoms with Gasteiger partial charge in [-0.1, -0.05) is 24.3 Å². The molecule has 4 nitrogen and oxygen atoms in total. The molecule has 5 rings (SSSR count). The number of hydrogen-bond acceptors (Lipinski definition) is 6. The summed E-state index contributed by atoms with van der Waals surface area (Å²) < 4.78 is 0. The van der Waals surface area contributed by atoms with E-state index in [9.17, 15) is 0 Å². The molecule has 2 aromatic rings. The van der Waals surface area contributed by atoms with E-state index in [0.29, 0.717) is 0 Å². The molecule has 0 aliphatic carbocycles. The maximum absolute atomic E-state index is 2.64. The number of fused-ring (bicyclic) bond motifs is 8. The van der Waals surface area contributed by atoms with Crippen molar-refractivity contribution in [3.05, 3.63) is 48.5 Å². The van der Waals surface area contributed by atoms with E-state index in [1.54, 1.807) is 0 Å². The van der Waals surface area contributed by atoms with Crippen molar-refractivity contribution in [2.45, 2.75) is 35.5 Å². The summed E-state index contributed by atoms with van der Waals surface area (Å²) >= 11 is 4.10. The van der Waals surface area contributed by atoms with E-state index in [1.165, 1.54) is 84.5 Å². The molecule has 3 aliphatic rings. The first-order valence-electron chi connectivity index (χ1n) is 12.2. The first-order chi connectivity index (χ1) is 15.9. The molecule has 2 saturated heterocycles. The second-order valence-corrected chi connectivity index (χ2v) is 11.4. The van der Waals surface area contributed by atoms with Gasteiger partial charge in [-0.3, -0.25) is 9.80 Å². The Morgan fingerprint density at radius 1 is 0.500 bits per heavy atom. The average molecular weight is 469 g/mol. The van der Waals surface area contributed by atoms with E-state index in [0.717, 1.165) is 26.4 Å². The highest BCUT2D eigenvalue weighted by molar-refractivity contribution is 7.99. The molecule has 0 aromatic heterocycles. The highest BCUT2D eigenvalue weighted by atomic mass is 32.2. The molecule has 0 spiro atoms. The molecule has 0 saturated carbocycles. The Balaban J connectivity index is 1.26. The minimum absolute atomic E-state index is 1.08. The molecule has 0 N–H and O–H groups in total. The fraction of sp³-hybridized carbons (Fsp3) is 0.538. The number of hydrogen-bond donors (Lipinski definition) is 0. The lowest BCUT2D eigenvalue weighted by Gasteiger charge is -2.23. The maximum atomic E-state index is 2.64. The van der Waals surface area contributed by atoms with Crippen LogP contribution in [0.25, 0.3) is 0 Å². The van der Waals surface area contributed by atoms with Gasteiger partial charge in [-0.15, -0.1) is 23.5 Å². The van der Waals surface area contributed by atoms with E-state index >= 15 is 0 Å². The Hall–Kier alpha value is -1.34. The van der Waals surface area contributed by atoms with E-state index in [4.69, 9.17) is 0 Å². The molecular formula is C26H36N4S2. The van der Waals surface area contributed by atoms with Crippen LogP contribution in [0, 0.1) is 0 Å². The van der Waals surface area contributed by atoms with Gasteiger partial charge < -0.3 is 9.80 Å². The summed E-state index contributed by atoms with van der Waals surface area (Å²) in [5.74, 6) is 2.43. The van der Waals surface area contributed by atoms with Crippen molar-refractivity contribution in [1.82, 2.24) is 9.80 Å². The monoisotopic (exact) mass is 468 g/mol. The smallest absolute Gasteiger partial charge is 0.0708 e. The Labute approximate surface area is 202 Å². The fourth-order valence-electron chi connectivity index (χ4n) is 4.97. The van der Waals surface area contributed by atoms with Gasteiger partial charge in [0.1, 0.15) is 0 Å². The van der Waals surface area contributed by atoms with E-state index in [2.05, 4.69) is 91.7 Å². The molecule has 4 bridgehead atoms. The lowest BCUT2D eigenvalue weighted by Crippen LogP contribution is -2.26. The Morgan fingerprint density at radius 2 is 0.969 bits per heavy atom. The molecule has 2 unspecified atom stereocenters. The zero-order valence-corrected chi connectivity index (χ0v) is 20.8. The molecule has 3 aliphatic heterocycles. The van der Waals surface area contributed by atoms with Crippen molar-refractivity contribution in [1.29, 1.82) is 0 Å². The Bertz CT molecular complexity index is 805. The van der Waals surface area contributed by atoms with Crippen LogP contribution in [0.15, 0.2) is 58.3 Å². The second-order valence-electron chi connectivity index (χ2n) is 9.09. The van der Waals surface area contributed by atoms with Gasteiger partial charge in [0.15, 0.2) is 0 Å². The summed E-state index contributed by atoms with van der Waals surface area (Å²) in [6.45, 7) is 9.30. The molecule has 32 heavy (non-hydrogen) atoms. The number of rotatable bonds is 0. The van der Waals surface area contributed by atoms with Gasteiger partial charge in [-0.25, -0.2) is 0 Å². The van der Waals surface area contributed by atoms with Crippen molar-refractivity contribution >= 4 is 34.9 Å². The van der Waals surface area contributed by atoms with E-state index < -0.39 is 0 Å². The van der Waals surface area contributed by atoms with Crippen LogP contribution in [0.4, 0.5) is 11.4 Å². The van der Waals surface area contributed by atoms with Gasteiger partial charge in [0, 0.05) is 36.0 Å². The summed E-state index contributed by atoms with van der Waals surface area (Å²) in [6, 6.07) is 18.1. The van der Waals surface area contributed by atoms with Crippen LogP contribution in [0.3, 0.4) is 0 Å². The summed E-state index contributed by atoms with van der Waals surface area (Å²) in [4.78, 5) is 13.4. The molecule has 172 valence electrons. The Kier molecular flexibility index (Phi) is 7.85. The lowest BCUT2D eigenvalue weighted by atomic mass is 10.3. The van der Waals surface area contributed by atoms with Gasteiger partial charge in [0.2, 0.25) is 0 Å². The van der Waals surface area contributed by atoms with Crippen LogP contribution < -0.4 is 9.80 Å². The number of para-hydroxylation sites is 2. The zero-order chi connectivity index (χ0) is 21.6. The quantitative estimate of drug-likeness (QED) is 0.516. The molecule has 3 heterocycles. The van der Waals surface area contributed by atoms with Crippen molar-refractivity contribution in [2.75, 3.05) is 73.9 Å². The van der Waals surface area contributed by atoms with Crippen LogP contribution in [0.1, 0.15) is 25.7 Å². The largest absolute Gasteiger partial charge is 0.356 e. The third-order valence-corrected chi connectivity index (χ3v) is 9.08. The summed E-state index contributed by atoms with van der Waals surface area (Å²) in [5, 5.41) is 0. The van der Waals surface area contributed by atoms with E-state index in [-0.39, 0.29) is 0 Å². The molecule has 2 aromatic carbocycles. The van der Waals surface area contributed by atoms with Crippen molar-refractivity contribution in [2.24, 2.45) is 0 Å². The normalized spacial score (nSPS) is 25.2. The second kappa shape index (κ2) is 11.2. The topological polar surface area (TPSA) is 13.0 Å². The summed E-state index contributed by atoms with van der Waals surface area (Å²) in [6.07, 6.45) is 5.15. The standard InChI is InChI=1S/C26H36N4S2/c1-3-11-25-23(9-1)29-17-15-27(21-29)13-6-8-20-32-26-12-4-2-10-24(26)30-18-16-28(22-30)14-5-7-19-31-25/h1-4,9-12H,5-8,13-22H2. The van der Waals surface area contributed by atoms with Crippen LogP contribution in [0.2, 0.25) is 0 Å². The predicted octanol–water partition coefficient (Wildman–Crippen LogP) is 5.30. The number of thioether (sulfide) groups is 2. The minimum atomic E-state index is 1.08. The molecular weight excluding hydrogens is 432 g/mol. The molecule has 2 atom stereocenters. The van der Waals surface area contributed by atoms with Crippen molar-refractivity contribution < 1.29 is 0 Å². The third-order valence-electron chi connectivity index (χ3n) is 6.78. The highest BCUT2D eigenvalue weighted by Gasteiger charge is 2.23. The first kappa shape index (κ1) is 22.5. The molecule has 2 fully saturated rings. The third kappa shape index (κ3) is 5.58. The van der Waals surface area contributed by atoms with Crippen LogP contribution in [-0.2, 0) is 0 Å². The summed E-state index contributed by atoms with van der Waals surface area (Å²) in [7, 11) is 0. The Morgan fingerprint density at radius 3 is 1.47 bits per heavy atom. The number of benzene rings is 2. The van der Waals surface area contributed by atoms with Crippen LogP contribution in [-0.4, -0.2) is 73.9 Å². The van der Waals surface area contributed by atoms with Gasteiger partial charge in [0.05, 0.1) is 24.7 Å². The summed E-state index contributed by atoms with van der Waals surface area (Å²) in [5.41, 5.74) is 2.88. The predicted molar refractivity (Wildman–Crippen MR) is 140 cm³/mol. The lowest BCUT2D eigenvalue weighted by molar-refractivity contribution is 0.335. The van der Waals surface area contributed by atoms with Gasteiger partial charge in [0.25, 0.3) is 0 Å². The van der Waals surface area contributed by atoms with Gasteiger partial charge in [-0.2, -0.15) is 0 Å². The van der Waals surface area contributed by atoms with Crippen LogP contribution in [0.5, 0.6) is 0 Å². The number of anilines is 2. The van der Waals surface area contributed by atoms with Crippen LogP contribution >= 0.6 is 23.5 Å². The fourth-order valence-corrected chi connectivity index (χ4v) is 7.14. The zero-order valence-electron chi connectivity index (χ0n) is 19.1. The average Bonchev–Trinajstić information content (AvgIpc) is 3.49. The van der Waals surface area contributed by atoms with Crippen molar-refractivity contribution in [3.63, 3.8) is 0 Å². The SMILES string of the molecule is c1ccc2c(c1)SCCCCN1CCN(C1)c1ccccc1SCCCCN1CCN2C1. The van der Waals surface area contributed by atoms with Crippen molar-refractivity contribution in [3.8, 4) is 0 Å². The highest BCUT2D eigenvalue weighted by Crippen LogP contribution is 2.34. The number of nitrogens with zero attached hydrogens (tertiary/aromatic N) is 4. The molecule has 0 radical (unpaired) electrons. The molecule has 0 amide bonds. The first-order valence-corrected chi connectivity index (χ1v) is 14.2. The van der Waals surface area contributed by atoms with Gasteiger partial charge >= 0.3 is 0 Å². The minimum Gasteiger partial charge on any atom is -0.356 e. The maximum Gasteiger partial charge on any atom is 0.0708 e.